The van der Waals surface area contributed by atoms with Gasteiger partial charge in [-0.05, 0) is 25.8 Å². The van der Waals surface area contributed by atoms with Crippen molar-refractivity contribution in [1.82, 2.24) is 4.98 Å². The minimum atomic E-state index is 0.267. The molecule has 3 rings (SSSR count). The van der Waals surface area contributed by atoms with Gasteiger partial charge < -0.3 is 9.64 Å². The van der Waals surface area contributed by atoms with Crippen LogP contribution in [0.2, 0.25) is 0 Å². The lowest BCUT2D eigenvalue weighted by atomic mass is 10.1. The average molecular weight is 281 g/mol. The number of hydrogen-bond acceptors (Lipinski definition) is 4. The van der Waals surface area contributed by atoms with Gasteiger partial charge in [-0.2, -0.15) is 5.26 Å². The molecule has 1 aromatic heterocycles. The van der Waals surface area contributed by atoms with Crippen LogP contribution in [-0.2, 0) is 4.74 Å². The number of rotatable bonds is 4. The van der Waals surface area contributed by atoms with E-state index in [1.165, 1.54) is 0 Å². The number of anilines is 1. The molecule has 0 saturated carbocycles. The third kappa shape index (κ3) is 2.70. The van der Waals surface area contributed by atoms with E-state index in [2.05, 4.69) is 22.9 Å². The Kier molecular flexibility index (Phi) is 4.03. The lowest BCUT2D eigenvalue weighted by Gasteiger charge is -2.28. The lowest BCUT2D eigenvalue weighted by Crippen LogP contribution is -2.32. The van der Waals surface area contributed by atoms with Gasteiger partial charge in [-0.1, -0.05) is 18.2 Å². The van der Waals surface area contributed by atoms with Gasteiger partial charge in [-0.15, -0.1) is 0 Å². The topological polar surface area (TPSA) is 49.1 Å². The Labute approximate surface area is 125 Å². The zero-order chi connectivity index (χ0) is 14.7. The third-order valence-electron chi connectivity index (χ3n) is 4.01. The molecule has 4 heteroatoms. The lowest BCUT2D eigenvalue weighted by molar-refractivity contribution is 0.116. The van der Waals surface area contributed by atoms with Crippen LogP contribution in [0.4, 0.5) is 5.69 Å². The number of para-hydroxylation sites is 1. The van der Waals surface area contributed by atoms with Gasteiger partial charge in [0.2, 0.25) is 0 Å². The quantitative estimate of drug-likeness (QED) is 0.864. The van der Waals surface area contributed by atoms with Crippen LogP contribution in [0.1, 0.15) is 25.3 Å². The summed E-state index contributed by atoms with van der Waals surface area (Å²) in [7, 11) is 0. The fourth-order valence-electron chi connectivity index (χ4n) is 2.96. The molecule has 2 heterocycles. The highest BCUT2D eigenvalue weighted by molar-refractivity contribution is 5.94. The SMILES string of the molecule is CCN(CC1CCCO1)c1c(C#N)cnc2ccccc12. The molecule has 1 atom stereocenters. The number of hydrogen-bond donors (Lipinski definition) is 0. The van der Waals surface area contributed by atoms with E-state index < -0.39 is 0 Å². The van der Waals surface area contributed by atoms with Crippen LogP contribution < -0.4 is 4.90 Å². The van der Waals surface area contributed by atoms with Gasteiger partial charge >= 0.3 is 0 Å². The van der Waals surface area contributed by atoms with Gasteiger partial charge in [0.25, 0.3) is 0 Å². The number of nitriles is 1. The first-order valence-corrected chi connectivity index (χ1v) is 7.48. The van der Waals surface area contributed by atoms with Crippen LogP contribution in [0.25, 0.3) is 10.9 Å². The molecule has 0 amide bonds. The number of pyridine rings is 1. The highest BCUT2D eigenvalue weighted by atomic mass is 16.5. The number of aromatic nitrogens is 1. The maximum atomic E-state index is 9.44. The molecule has 0 aliphatic carbocycles. The van der Waals surface area contributed by atoms with Gasteiger partial charge in [0, 0.05) is 31.3 Å². The first-order valence-electron chi connectivity index (χ1n) is 7.48. The van der Waals surface area contributed by atoms with E-state index in [0.717, 1.165) is 49.1 Å². The van der Waals surface area contributed by atoms with Gasteiger partial charge in [0.15, 0.2) is 0 Å². The Balaban J connectivity index is 2.05. The first-order chi connectivity index (χ1) is 10.3. The van der Waals surface area contributed by atoms with E-state index in [-0.39, 0.29) is 6.10 Å². The Hall–Kier alpha value is -2.12. The molecule has 1 aromatic carbocycles. The van der Waals surface area contributed by atoms with Crippen LogP contribution in [0.5, 0.6) is 0 Å². The Morgan fingerprint density at radius 3 is 3.00 bits per heavy atom. The summed E-state index contributed by atoms with van der Waals surface area (Å²) in [5.74, 6) is 0. The number of benzene rings is 1. The summed E-state index contributed by atoms with van der Waals surface area (Å²) >= 11 is 0. The van der Waals surface area contributed by atoms with Crippen LogP contribution in [0.3, 0.4) is 0 Å². The Morgan fingerprint density at radius 1 is 1.43 bits per heavy atom. The maximum Gasteiger partial charge on any atom is 0.103 e. The minimum Gasteiger partial charge on any atom is -0.376 e. The van der Waals surface area contributed by atoms with E-state index in [1.807, 2.05) is 24.3 Å². The molecular weight excluding hydrogens is 262 g/mol. The van der Waals surface area contributed by atoms with Crippen LogP contribution >= 0.6 is 0 Å². The van der Waals surface area contributed by atoms with E-state index in [4.69, 9.17) is 4.74 Å². The normalized spacial score (nSPS) is 17.8. The molecule has 0 radical (unpaired) electrons. The van der Waals surface area contributed by atoms with Crippen LogP contribution in [0.15, 0.2) is 30.5 Å². The van der Waals surface area contributed by atoms with Crippen molar-refractivity contribution >= 4 is 16.6 Å². The highest BCUT2D eigenvalue weighted by Crippen LogP contribution is 2.30. The summed E-state index contributed by atoms with van der Waals surface area (Å²) in [5, 5.41) is 10.5. The van der Waals surface area contributed by atoms with Crippen LogP contribution in [0, 0.1) is 11.3 Å². The predicted octanol–water partition coefficient (Wildman–Crippen LogP) is 3.11. The molecule has 1 saturated heterocycles. The molecule has 0 bridgehead atoms. The van der Waals surface area contributed by atoms with Gasteiger partial charge in [0.05, 0.1) is 22.9 Å². The predicted molar refractivity (Wildman–Crippen MR) is 83.3 cm³/mol. The van der Waals surface area contributed by atoms with Gasteiger partial charge in [-0.25, -0.2) is 0 Å². The van der Waals surface area contributed by atoms with E-state index in [1.54, 1.807) is 6.20 Å². The molecule has 21 heavy (non-hydrogen) atoms. The van der Waals surface area contributed by atoms with Crippen LogP contribution in [-0.4, -0.2) is 30.8 Å². The second-order valence-electron chi connectivity index (χ2n) is 5.32. The monoisotopic (exact) mass is 281 g/mol. The summed E-state index contributed by atoms with van der Waals surface area (Å²) in [5.41, 5.74) is 2.55. The number of ether oxygens (including phenoxy) is 1. The number of fused-ring (bicyclic) bond motifs is 1. The average Bonchev–Trinajstić information content (AvgIpc) is 3.04. The Morgan fingerprint density at radius 2 is 2.29 bits per heavy atom. The summed E-state index contributed by atoms with van der Waals surface area (Å²) in [6.45, 7) is 4.65. The maximum absolute atomic E-state index is 9.44. The second kappa shape index (κ2) is 6.11. The fraction of sp³-hybridized carbons (Fsp3) is 0.412. The summed E-state index contributed by atoms with van der Waals surface area (Å²) < 4.78 is 5.75. The number of likely N-dealkylation sites (N-methyl/N-ethyl adjacent to an activating group) is 1. The molecular formula is C17H19N3O. The second-order valence-corrected chi connectivity index (χ2v) is 5.32. The molecule has 1 aliphatic heterocycles. The van der Waals surface area contributed by atoms with Crippen molar-refractivity contribution in [3.05, 3.63) is 36.0 Å². The van der Waals surface area contributed by atoms with Crippen molar-refractivity contribution in [2.24, 2.45) is 0 Å². The van der Waals surface area contributed by atoms with Crippen molar-refractivity contribution < 1.29 is 4.74 Å². The molecule has 1 fully saturated rings. The van der Waals surface area contributed by atoms with Crippen molar-refractivity contribution in [2.45, 2.75) is 25.9 Å². The first kappa shape index (κ1) is 13.8. The minimum absolute atomic E-state index is 0.267. The molecule has 108 valence electrons. The number of nitrogens with zero attached hydrogens (tertiary/aromatic N) is 3. The third-order valence-corrected chi connectivity index (χ3v) is 4.01. The summed E-state index contributed by atoms with van der Waals surface area (Å²) in [4.78, 5) is 6.63. The largest absolute Gasteiger partial charge is 0.376 e. The van der Waals surface area contributed by atoms with Crippen molar-refractivity contribution in [3.8, 4) is 6.07 Å². The zero-order valence-electron chi connectivity index (χ0n) is 12.2. The van der Waals surface area contributed by atoms with Crippen molar-refractivity contribution in [1.29, 1.82) is 5.26 Å². The summed E-state index contributed by atoms with van der Waals surface area (Å²) in [6, 6.07) is 10.3. The van der Waals surface area contributed by atoms with E-state index in [0.29, 0.717) is 5.56 Å². The highest BCUT2D eigenvalue weighted by Gasteiger charge is 2.21. The van der Waals surface area contributed by atoms with Crippen molar-refractivity contribution in [3.63, 3.8) is 0 Å². The molecule has 0 spiro atoms. The standard InChI is InChI=1S/C17H19N3O/c1-2-20(12-14-6-5-9-21-14)17-13(10-18)11-19-16-8-4-3-7-15(16)17/h3-4,7-8,11,14H,2,5-6,9,12H2,1H3. The Bertz CT molecular complexity index is 671. The van der Waals surface area contributed by atoms with Gasteiger partial charge in [-0.3, -0.25) is 4.98 Å². The molecule has 2 aromatic rings. The van der Waals surface area contributed by atoms with Crippen molar-refractivity contribution in [2.75, 3.05) is 24.6 Å². The van der Waals surface area contributed by atoms with Gasteiger partial charge in [0.1, 0.15) is 6.07 Å². The smallest absolute Gasteiger partial charge is 0.103 e. The zero-order valence-corrected chi connectivity index (χ0v) is 12.2. The summed E-state index contributed by atoms with van der Waals surface area (Å²) in [6.07, 6.45) is 4.17. The fourth-order valence-corrected chi connectivity index (χ4v) is 2.96. The molecule has 1 aliphatic rings. The molecule has 0 N–H and O–H groups in total. The van der Waals surface area contributed by atoms with E-state index >= 15 is 0 Å². The molecule has 4 nitrogen and oxygen atoms in total. The van der Waals surface area contributed by atoms with E-state index in [9.17, 15) is 5.26 Å². The molecule has 1 unspecified atom stereocenters.